The molecule has 23 heavy (non-hydrogen) atoms. The number of hydrogen-bond acceptors (Lipinski definition) is 4. The van der Waals surface area contributed by atoms with Crippen LogP contribution in [0.15, 0.2) is 30.5 Å². The van der Waals surface area contributed by atoms with Crippen molar-refractivity contribution in [1.82, 2.24) is 9.47 Å². The number of ketones is 1. The molecule has 0 saturated carbocycles. The van der Waals surface area contributed by atoms with Crippen LogP contribution in [-0.2, 0) is 32.0 Å². The predicted molar refractivity (Wildman–Crippen MR) is 80.9 cm³/mol. The molecular weight excluding hydrogens is 296 g/mol. The summed E-state index contributed by atoms with van der Waals surface area (Å²) >= 11 is 0. The van der Waals surface area contributed by atoms with Crippen LogP contribution in [0.25, 0.3) is 16.8 Å². The van der Waals surface area contributed by atoms with E-state index in [-0.39, 0.29) is 30.9 Å². The van der Waals surface area contributed by atoms with E-state index in [1.165, 1.54) is 0 Å². The molecule has 3 aliphatic heterocycles. The van der Waals surface area contributed by atoms with E-state index in [1.807, 2.05) is 22.8 Å². The van der Waals surface area contributed by atoms with Crippen LogP contribution in [0, 0.1) is 0 Å². The topological polar surface area (TPSA) is 60.8 Å². The molecular formula is C17H14N2O4. The van der Waals surface area contributed by atoms with Gasteiger partial charge in [0.25, 0.3) is 0 Å². The molecule has 1 aromatic carbocycles. The zero-order chi connectivity index (χ0) is 15.6. The minimum Gasteiger partial charge on any atom is -0.459 e. The number of para-hydroxylation sites is 1. The Balaban J connectivity index is 1.76. The van der Waals surface area contributed by atoms with E-state index >= 15 is 0 Å². The maximum atomic E-state index is 12.1. The highest BCUT2D eigenvalue weighted by atomic mass is 16.7. The molecule has 1 amide bonds. The largest absolute Gasteiger partial charge is 0.459 e. The van der Waals surface area contributed by atoms with E-state index in [2.05, 4.69) is 6.07 Å². The Morgan fingerprint density at radius 1 is 1.17 bits per heavy atom. The zero-order valence-electron chi connectivity index (χ0n) is 12.3. The third-order valence-electron chi connectivity index (χ3n) is 4.88. The normalized spacial score (nSPS) is 22.7. The third kappa shape index (κ3) is 1.63. The summed E-state index contributed by atoms with van der Waals surface area (Å²) in [5, 5.41) is 1.10. The number of ether oxygens (including phenoxy) is 2. The van der Waals surface area contributed by atoms with E-state index < -0.39 is 0 Å². The first-order chi connectivity index (χ1) is 11.2. The van der Waals surface area contributed by atoms with E-state index in [4.69, 9.17) is 9.47 Å². The van der Waals surface area contributed by atoms with Crippen molar-refractivity contribution in [2.75, 3.05) is 6.79 Å². The number of Topliss-reactive ketones (excluding diaryl/α,β-unsaturated/α-hetero) is 1. The molecule has 3 aliphatic rings. The first-order valence-electron chi connectivity index (χ1n) is 7.62. The van der Waals surface area contributed by atoms with Crippen LogP contribution in [0.3, 0.4) is 0 Å². The Bertz CT molecular complexity index is 895. The van der Waals surface area contributed by atoms with Gasteiger partial charge >= 0.3 is 0 Å². The molecule has 2 aromatic rings. The van der Waals surface area contributed by atoms with E-state index in [0.717, 1.165) is 22.2 Å². The van der Waals surface area contributed by atoms with Gasteiger partial charge in [0.1, 0.15) is 6.26 Å². The first-order valence-corrected chi connectivity index (χ1v) is 7.62. The van der Waals surface area contributed by atoms with Crippen molar-refractivity contribution in [2.45, 2.75) is 25.4 Å². The number of amides is 1. The molecule has 0 aliphatic carbocycles. The van der Waals surface area contributed by atoms with Crippen LogP contribution in [0.5, 0.6) is 0 Å². The van der Waals surface area contributed by atoms with Gasteiger partial charge in [-0.25, -0.2) is 0 Å². The molecule has 1 aromatic heterocycles. The Hall–Kier alpha value is -2.76. The fourth-order valence-corrected chi connectivity index (χ4v) is 3.85. The van der Waals surface area contributed by atoms with E-state index in [1.54, 1.807) is 11.2 Å². The maximum Gasteiger partial charge on any atom is 0.237 e. The highest BCUT2D eigenvalue weighted by Crippen LogP contribution is 2.38. The summed E-state index contributed by atoms with van der Waals surface area (Å²) < 4.78 is 12.8. The van der Waals surface area contributed by atoms with Crippen LogP contribution in [0.2, 0.25) is 0 Å². The molecule has 1 saturated heterocycles. The van der Waals surface area contributed by atoms with Crippen LogP contribution >= 0.6 is 0 Å². The van der Waals surface area contributed by atoms with Gasteiger partial charge in [-0.2, -0.15) is 0 Å². The van der Waals surface area contributed by atoms with Gasteiger partial charge in [0.05, 0.1) is 24.5 Å². The van der Waals surface area contributed by atoms with Crippen LogP contribution in [0.1, 0.15) is 17.7 Å². The predicted octanol–water partition coefficient (Wildman–Crippen LogP) is 1.63. The molecule has 5 rings (SSSR count). The monoisotopic (exact) mass is 310 g/mol. The van der Waals surface area contributed by atoms with Crippen molar-refractivity contribution in [2.24, 2.45) is 0 Å². The van der Waals surface area contributed by atoms with Crippen molar-refractivity contribution in [1.29, 1.82) is 0 Å². The lowest BCUT2D eigenvalue weighted by Crippen LogP contribution is -2.40. The summed E-state index contributed by atoms with van der Waals surface area (Å²) in [5.41, 5.74) is 3.14. The van der Waals surface area contributed by atoms with Gasteiger partial charge in [0.2, 0.25) is 18.6 Å². The standard InChI is InChI=1S/C17H14N2O4/c20-15-6-16(21)18-7-14-11(5-13(15)18)10-3-1-2-4-12(10)19(14)17-8-22-9-23-17/h1-4,8,13H,5-7,9H2. The molecule has 116 valence electrons. The Morgan fingerprint density at radius 2 is 2.04 bits per heavy atom. The number of rotatable bonds is 1. The summed E-state index contributed by atoms with van der Waals surface area (Å²) in [5.74, 6) is 0.566. The highest BCUT2D eigenvalue weighted by Gasteiger charge is 2.43. The lowest BCUT2D eigenvalue weighted by Gasteiger charge is -2.29. The minimum absolute atomic E-state index is 0.0230. The summed E-state index contributed by atoms with van der Waals surface area (Å²) in [6.45, 7) is 0.625. The van der Waals surface area contributed by atoms with Crippen molar-refractivity contribution in [3.63, 3.8) is 0 Å². The van der Waals surface area contributed by atoms with Gasteiger partial charge in [0.15, 0.2) is 5.78 Å². The van der Waals surface area contributed by atoms with Gasteiger partial charge < -0.3 is 14.4 Å². The lowest BCUT2D eigenvalue weighted by atomic mass is 9.96. The number of fused-ring (bicyclic) bond motifs is 4. The Labute approximate surface area is 131 Å². The summed E-state index contributed by atoms with van der Waals surface area (Å²) in [7, 11) is 0. The smallest absolute Gasteiger partial charge is 0.237 e. The van der Waals surface area contributed by atoms with Crippen LogP contribution in [-0.4, -0.2) is 34.0 Å². The van der Waals surface area contributed by atoms with E-state index in [9.17, 15) is 9.59 Å². The molecule has 0 bridgehead atoms. The van der Waals surface area contributed by atoms with Gasteiger partial charge in [-0.15, -0.1) is 0 Å². The second-order valence-corrected chi connectivity index (χ2v) is 6.05. The number of aromatic nitrogens is 1. The molecule has 0 N–H and O–H groups in total. The maximum absolute atomic E-state index is 12.1. The van der Waals surface area contributed by atoms with Gasteiger partial charge in [0, 0.05) is 17.5 Å². The quantitative estimate of drug-likeness (QED) is 0.751. The zero-order valence-corrected chi connectivity index (χ0v) is 12.3. The van der Waals surface area contributed by atoms with Crippen LogP contribution < -0.4 is 0 Å². The molecule has 4 heterocycles. The first kappa shape index (κ1) is 12.8. The molecule has 0 radical (unpaired) electrons. The van der Waals surface area contributed by atoms with Gasteiger partial charge in [-0.1, -0.05) is 18.2 Å². The molecule has 6 heteroatoms. The fourth-order valence-electron chi connectivity index (χ4n) is 3.85. The number of carbonyl (C=O) groups excluding carboxylic acids is 2. The fraction of sp³-hybridized carbons (Fsp3) is 0.294. The second-order valence-electron chi connectivity index (χ2n) is 6.05. The van der Waals surface area contributed by atoms with Gasteiger partial charge in [-0.05, 0) is 11.6 Å². The van der Waals surface area contributed by atoms with Gasteiger partial charge in [-0.3, -0.25) is 14.2 Å². The SMILES string of the molecule is O=C1CC(=O)N2Cc3c(c4ccccc4n3C3=COCO3)CC12. The molecule has 0 spiro atoms. The summed E-state index contributed by atoms with van der Waals surface area (Å²) in [6, 6.07) is 7.71. The van der Waals surface area contributed by atoms with E-state index in [0.29, 0.717) is 18.8 Å². The summed E-state index contributed by atoms with van der Waals surface area (Å²) in [4.78, 5) is 25.9. The number of carbonyl (C=O) groups is 2. The molecule has 1 fully saturated rings. The second kappa shape index (κ2) is 4.38. The van der Waals surface area contributed by atoms with Crippen molar-refractivity contribution in [3.8, 4) is 0 Å². The lowest BCUT2D eigenvalue weighted by molar-refractivity contribution is -0.129. The third-order valence-corrected chi connectivity index (χ3v) is 4.88. The van der Waals surface area contributed by atoms with Crippen molar-refractivity contribution >= 4 is 28.5 Å². The molecule has 6 nitrogen and oxygen atoms in total. The minimum atomic E-state index is -0.316. The molecule has 1 atom stereocenters. The van der Waals surface area contributed by atoms with Crippen molar-refractivity contribution in [3.05, 3.63) is 41.8 Å². The highest BCUT2D eigenvalue weighted by molar-refractivity contribution is 6.08. The Kier molecular flexibility index (Phi) is 2.43. The van der Waals surface area contributed by atoms with Crippen molar-refractivity contribution < 1.29 is 19.1 Å². The Morgan fingerprint density at radius 3 is 2.87 bits per heavy atom. The number of nitrogens with zero attached hydrogens (tertiary/aromatic N) is 2. The number of benzene rings is 1. The summed E-state index contributed by atoms with van der Waals surface area (Å²) in [6.07, 6.45) is 2.19. The average Bonchev–Trinajstić information content (AvgIpc) is 3.24. The average molecular weight is 310 g/mol. The number of hydrogen-bond donors (Lipinski definition) is 0. The molecule has 1 unspecified atom stereocenters. The van der Waals surface area contributed by atoms with Crippen LogP contribution in [0.4, 0.5) is 0 Å².